The number of rotatable bonds is 47. The second kappa shape index (κ2) is 40.8. The van der Waals surface area contributed by atoms with Crippen molar-refractivity contribution in [3.63, 3.8) is 0 Å². The minimum Gasteiger partial charge on any atom is -0.493 e. The molecule has 10 rings (SSSR count). The first-order valence-electron chi connectivity index (χ1n) is 36.2. The van der Waals surface area contributed by atoms with Gasteiger partial charge in [-0.25, -0.2) is 0 Å². The number of hydrogen-bond donors (Lipinski definition) is 3. The van der Waals surface area contributed by atoms with Crippen LogP contribution in [0.25, 0.3) is 11.1 Å². The third-order valence-corrected chi connectivity index (χ3v) is 18.3. The maximum Gasteiger partial charge on any atom is 0.260 e. The van der Waals surface area contributed by atoms with Gasteiger partial charge in [-0.2, -0.15) is 0 Å². The van der Waals surface area contributed by atoms with Crippen LogP contribution in [0.15, 0.2) is 101 Å². The van der Waals surface area contributed by atoms with Crippen LogP contribution >= 0.6 is 0 Å². The molecule has 4 aromatic rings. The highest BCUT2D eigenvalue weighted by Crippen LogP contribution is 2.45. The predicted octanol–water partition coefficient (Wildman–Crippen LogP) is 7.50. The third-order valence-electron chi connectivity index (χ3n) is 18.3. The molecule has 4 aromatic carbocycles. The summed E-state index contributed by atoms with van der Waals surface area (Å²) in [6.45, 7) is 12.1. The van der Waals surface area contributed by atoms with Crippen LogP contribution in [0.2, 0.25) is 0 Å². The van der Waals surface area contributed by atoms with Gasteiger partial charge in [-0.1, -0.05) is 38.1 Å². The molecule has 0 bridgehead atoms. The number of allylic oxidation sites excluding steroid dienone is 2. The van der Waals surface area contributed by atoms with Crippen molar-refractivity contribution in [2.75, 3.05) is 158 Å². The molecule has 0 aromatic heterocycles. The lowest BCUT2D eigenvalue weighted by atomic mass is 9.89. The third kappa shape index (κ3) is 22.9. The number of carbonyl (C=O) groups excluding carboxylic acids is 8. The van der Waals surface area contributed by atoms with Crippen LogP contribution in [0.4, 0.5) is 17.1 Å². The number of anilines is 1. The number of Topliss-reactive ketones (excluding diaryl/α,β-unsaturated/α-hetero) is 2. The van der Waals surface area contributed by atoms with Gasteiger partial charge in [-0.15, -0.1) is 0 Å². The molecule has 1 unspecified atom stereocenters. The van der Waals surface area contributed by atoms with E-state index in [0.717, 1.165) is 27.2 Å². The summed E-state index contributed by atoms with van der Waals surface area (Å²) in [7, 11) is 3.04. The SMILES string of the molecule is COc1cc2c(cc1OCCCOc1cc3c(cc1OC)C(=O)N1C=C(c4ccc5c(c4)OCO5)C[C@H]1C=N3)N=C[C@@H]1CC(c3ccc(NC(=O)[C@H](C)NC(=O)[C@@H](CC(=O)CCOCCOCCOCCOCCOCCOCCOCCOCCNC(=O)CCN4C(=O)C=CC4=O)C(C)C)cc3)=CC1C2=O. The number of imide groups is 1. The minimum atomic E-state index is -0.899. The predicted molar refractivity (Wildman–Crippen MR) is 392 cm³/mol. The Morgan fingerprint density at radius 3 is 1.72 bits per heavy atom. The van der Waals surface area contributed by atoms with Gasteiger partial charge in [0, 0.05) is 117 Å². The number of ether oxygens (including phenoxy) is 14. The zero-order valence-electron chi connectivity index (χ0n) is 61.1. The van der Waals surface area contributed by atoms with Crippen LogP contribution in [0.5, 0.6) is 34.5 Å². The van der Waals surface area contributed by atoms with Crippen LogP contribution in [-0.4, -0.2) is 234 Å². The molecular formula is C78H95N7O22. The normalized spacial score (nSPS) is 17.2. The number of aliphatic imine (C=N–C) groups is 2. The Bertz CT molecular complexity index is 3910. The summed E-state index contributed by atoms with van der Waals surface area (Å²) in [5, 5.41) is 8.35. The Balaban J connectivity index is 0.539. The van der Waals surface area contributed by atoms with Crippen molar-refractivity contribution < 1.29 is 105 Å². The molecule has 107 heavy (non-hydrogen) atoms. The summed E-state index contributed by atoms with van der Waals surface area (Å²) >= 11 is 0. The summed E-state index contributed by atoms with van der Waals surface area (Å²) in [4.78, 5) is 115. The van der Waals surface area contributed by atoms with Gasteiger partial charge in [0.1, 0.15) is 11.8 Å². The molecule has 1 aliphatic carbocycles. The Kier molecular flexibility index (Phi) is 30.5. The number of benzene rings is 4. The molecule has 5 heterocycles. The molecule has 6 aliphatic rings. The van der Waals surface area contributed by atoms with Gasteiger partial charge in [-0.3, -0.25) is 53.2 Å². The van der Waals surface area contributed by atoms with E-state index in [1.165, 1.54) is 26.4 Å². The first-order chi connectivity index (χ1) is 52.0. The molecule has 0 saturated heterocycles. The van der Waals surface area contributed by atoms with Gasteiger partial charge in [0.25, 0.3) is 17.7 Å². The minimum absolute atomic E-state index is 0.00123. The van der Waals surface area contributed by atoms with Crippen LogP contribution < -0.4 is 44.4 Å². The molecule has 3 N–H and O–H groups in total. The Morgan fingerprint density at radius 2 is 1.12 bits per heavy atom. The lowest BCUT2D eigenvalue weighted by Crippen LogP contribution is -2.45. The fourth-order valence-corrected chi connectivity index (χ4v) is 12.4. The molecular weight excluding hydrogens is 1390 g/mol. The highest BCUT2D eigenvalue weighted by Gasteiger charge is 2.38. The van der Waals surface area contributed by atoms with Crippen molar-refractivity contribution in [2.24, 2.45) is 33.7 Å². The number of ketones is 2. The van der Waals surface area contributed by atoms with Crippen LogP contribution in [0, 0.1) is 23.7 Å². The average Bonchev–Trinajstić information content (AvgIpc) is 1.66. The van der Waals surface area contributed by atoms with Gasteiger partial charge in [0.15, 0.2) is 40.3 Å². The molecule has 0 fully saturated rings. The van der Waals surface area contributed by atoms with Crippen LogP contribution in [0.1, 0.15) is 91.1 Å². The first kappa shape index (κ1) is 79.8. The van der Waals surface area contributed by atoms with Crippen LogP contribution in [-0.2, 0) is 66.7 Å². The number of methoxy groups -OCH3 is 2. The molecule has 29 nitrogen and oxygen atoms in total. The monoisotopic (exact) mass is 1480 g/mol. The first-order valence-corrected chi connectivity index (χ1v) is 36.2. The quantitative estimate of drug-likeness (QED) is 0.0285. The fraction of sp³-hybridized carbons (Fsp3) is 0.487. The van der Waals surface area contributed by atoms with E-state index in [0.29, 0.717) is 181 Å². The van der Waals surface area contributed by atoms with E-state index in [1.807, 2.05) is 62.7 Å². The van der Waals surface area contributed by atoms with Crippen LogP contribution in [0.3, 0.4) is 0 Å². The van der Waals surface area contributed by atoms with Gasteiger partial charge in [-0.05, 0) is 77.9 Å². The lowest BCUT2D eigenvalue weighted by Gasteiger charge is -2.22. The topological polar surface area (TPSA) is 333 Å². The van der Waals surface area contributed by atoms with E-state index in [2.05, 4.69) is 16.0 Å². The number of fused-ring (bicyclic) bond motifs is 5. The van der Waals surface area contributed by atoms with E-state index in [4.69, 9.17) is 76.3 Å². The smallest absolute Gasteiger partial charge is 0.260 e. The second-order valence-electron chi connectivity index (χ2n) is 26.1. The van der Waals surface area contributed by atoms with Gasteiger partial charge < -0.3 is 87.2 Å². The highest BCUT2D eigenvalue weighted by atomic mass is 16.7. The van der Waals surface area contributed by atoms with Crippen molar-refractivity contribution >= 4 is 87.6 Å². The summed E-state index contributed by atoms with van der Waals surface area (Å²) in [5.41, 5.74) is 6.06. The Hall–Kier alpha value is -9.72. The summed E-state index contributed by atoms with van der Waals surface area (Å²) in [6, 6.07) is 18.7. The van der Waals surface area contributed by atoms with Crippen molar-refractivity contribution in [1.82, 2.24) is 20.4 Å². The Morgan fingerprint density at radius 1 is 0.570 bits per heavy atom. The van der Waals surface area contributed by atoms with Gasteiger partial charge in [0.2, 0.25) is 24.5 Å². The lowest BCUT2D eigenvalue weighted by molar-refractivity contribution is -0.137. The summed E-state index contributed by atoms with van der Waals surface area (Å²) in [5.74, 6) is -0.841. The number of carbonyl (C=O) groups is 8. The van der Waals surface area contributed by atoms with Crippen molar-refractivity contribution in [1.29, 1.82) is 0 Å². The van der Waals surface area contributed by atoms with E-state index in [1.54, 1.807) is 54.4 Å². The number of hydrogen-bond acceptors (Lipinski definition) is 24. The molecule has 5 atom stereocenters. The van der Waals surface area contributed by atoms with Gasteiger partial charge in [0.05, 0.1) is 156 Å². The maximum absolute atomic E-state index is 14.3. The number of amides is 6. The second-order valence-corrected chi connectivity index (χ2v) is 26.1. The van der Waals surface area contributed by atoms with E-state index >= 15 is 0 Å². The molecule has 0 saturated carbocycles. The largest absolute Gasteiger partial charge is 0.493 e. The van der Waals surface area contributed by atoms with Crippen molar-refractivity contribution in [3.8, 4) is 34.5 Å². The number of nitrogens with one attached hydrogen (secondary N) is 3. The highest BCUT2D eigenvalue weighted by molar-refractivity contribution is 6.13. The van der Waals surface area contributed by atoms with E-state index < -0.39 is 41.5 Å². The van der Waals surface area contributed by atoms with Gasteiger partial charge >= 0.3 is 0 Å². The Labute approximate surface area is 621 Å². The molecule has 6 amide bonds. The summed E-state index contributed by atoms with van der Waals surface area (Å²) in [6.07, 6.45) is 11.6. The van der Waals surface area contributed by atoms with E-state index in [9.17, 15) is 38.4 Å². The average molecular weight is 1480 g/mol. The number of nitrogens with zero attached hydrogens (tertiary/aromatic N) is 4. The molecule has 29 heteroatoms. The zero-order chi connectivity index (χ0) is 75.4. The standard InChI is InChI=1S/C78H95N7O22/c1-50(2)60(41-59(86)16-21-96-23-25-98-27-29-100-31-33-102-35-36-103-34-32-101-30-28-99-26-24-97-22-17-79-72(87)15-18-84-73(88)13-14-74(84)89)77(92)82-51(3)76(91)83-57-10-7-52(8-11-57)54-37-55-46-80-64-44-70(67(94-4)42-62(64)75(90)61(55)39-54)104-19-6-20-105-71-45-65-63(43-68(71)95-5)78(93)85-48-56(38-58(85)47-81-65)53-9-12-66-69(40-53)107-49-106-66/h7-14,39-40,42-48,50-51,55,58,60-61H,6,15-38,41,49H2,1-5H3,(H,79,87)(H,82,92)(H,83,91)/t51-,55-,58-,60-,61?/m0/s1. The maximum atomic E-state index is 14.3. The molecule has 0 spiro atoms. The molecule has 0 radical (unpaired) electrons. The zero-order valence-corrected chi connectivity index (χ0v) is 61.1. The fourth-order valence-electron chi connectivity index (χ4n) is 12.4. The van der Waals surface area contributed by atoms with Crippen molar-refractivity contribution in [3.05, 3.63) is 113 Å². The summed E-state index contributed by atoms with van der Waals surface area (Å²) < 4.78 is 79.0. The molecule has 5 aliphatic heterocycles. The van der Waals surface area contributed by atoms with E-state index in [-0.39, 0.29) is 100 Å². The molecule has 574 valence electrons. The van der Waals surface area contributed by atoms with Crippen molar-refractivity contribution in [2.45, 2.75) is 71.4 Å².